The Morgan fingerprint density at radius 1 is 1.00 bits per heavy atom. The van der Waals surface area contributed by atoms with Gasteiger partial charge < -0.3 is 14.5 Å². The summed E-state index contributed by atoms with van der Waals surface area (Å²) in [6, 6.07) is 11.1. The van der Waals surface area contributed by atoms with Gasteiger partial charge in [0.25, 0.3) is 5.91 Å². The van der Waals surface area contributed by atoms with Crippen LogP contribution in [0.25, 0.3) is 22.3 Å². The molecule has 0 bridgehead atoms. The zero-order chi connectivity index (χ0) is 28.4. The topological polar surface area (TPSA) is 74.7 Å². The lowest BCUT2D eigenvalue weighted by Gasteiger charge is -2.47. The Balaban J connectivity index is 1.16. The maximum atomic E-state index is 13.7. The van der Waals surface area contributed by atoms with Gasteiger partial charge in [-0.15, -0.1) is 0 Å². The van der Waals surface area contributed by atoms with Gasteiger partial charge in [-0.1, -0.05) is 24.8 Å². The summed E-state index contributed by atoms with van der Waals surface area (Å²) < 4.78 is 20.1. The van der Waals surface area contributed by atoms with Crippen molar-refractivity contribution in [1.82, 2.24) is 24.8 Å². The number of halogens is 1. The van der Waals surface area contributed by atoms with Crippen molar-refractivity contribution in [1.29, 1.82) is 0 Å². The number of hydrogen-bond donors (Lipinski definition) is 0. The number of carbonyl (C=O) groups is 1. The molecule has 0 saturated carbocycles. The van der Waals surface area contributed by atoms with E-state index in [1.165, 1.54) is 42.4 Å². The van der Waals surface area contributed by atoms with E-state index in [2.05, 4.69) is 46.7 Å². The van der Waals surface area contributed by atoms with Crippen LogP contribution in [0.4, 0.5) is 10.2 Å². The molecule has 1 amide bonds. The molecule has 6 heterocycles. The molecule has 5 aliphatic rings. The Hall–Kier alpha value is -3.59. The van der Waals surface area contributed by atoms with Crippen LogP contribution in [0.15, 0.2) is 42.7 Å². The Kier molecular flexibility index (Phi) is 6.21. The highest BCUT2D eigenvalue weighted by Crippen LogP contribution is 2.42. The van der Waals surface area contributed by atoms with Gasteiger partial charge in [0.2, 0.25) is 0 Å². The fourth-order valence-corrected chi connectivity index (χ4v) is 8.36. The standard InChI is InChI=1S/C33H37FN6O2/c1-21(34)31(41)39-18-13-27-28(39)19-40(27)30-25-11-12-26(24-10-4-8-22-7-2-3-9-23(22)24)35-29(25)36-32(37-30)42-20-33-14-5-16-38(33)17-6-15-33/h4,8,10-12,27-28H,1-3,5-7,9,13-20H2/t27-,28-/m1/s1. The summed E-state index contributed by atoms with van der Waals surface area (Å²) in [5.74, 6) is -0.719. The van der Waals surface area contributed by atoms with Gasteiger partial charge in [0.05, 0.1) is 28.7 Å². The first-order valence-corrected chi connectivity index (χ1v) is 15.6. The smallest absolute Gasteiger partial charge is 0.320 e. The van der Waals surface area contributed by atoms with Gasteiger partial charge in [-0.25, -0.2) is 9.37 Å². The van der Waals surface area contributed by atoms with Crippen LogP contribution in [-0.2, 0) is 17.6 Å². The molecule has 8 rings (SSSR count). The van der Waals surface area contributed by atoms with Crippen LogP contribution in [0, 0.1) is 0 Å². The Morgan fingerprint density at radius 3 is 2.67 bits per heavy atom. The van der Waals surface area contributed by atoms with Crippen molar-refractivity contribution >= 4 is 22.8 Å². The second-order valence-electron chi connectivity index (χ2n) is 12.7. The van der Waals surface area contributed by atoms with E-state index in [1.807, 2.05) is 0 Å². The number of aryl methyl sites for hydroxylation is 1. The minimum atomic E-state index is -0.899. The number of fused-ring (bicyclic) bond motifs is 4. The third-order valence-corrected chi connectivity index (χ3v) is 10.5. The number of benzene rings is 1. The molecule has 0 N–H and O–H groups in total. The van der Waals surface area contributed by atoms with E-state index in [9.17, 15) is 9.18 Å². The van der Waals surface area contributed by atoms with Gasteiger partial charge in [0, 0.05) is 18.7 Å². The zero-order valence-corrected chi connectivity index (χ0v) is 24.0. The minimum absolute atomic E-state index is 0.0492. The fraction of sp³-hybridized carbons (Fsp3) is 0.515. The number of ether oxygens (including phenoxy) is 1. The van der Waals surface area contributed by atoms with Crippen molar-refractivity contribution in [2.75, 3.05) is 37.7 Å². The van der Waals surface area contributed by atoms with E-state index in [0.717, 1.165) is 62.1 Å². The third kappa shape index (κ3) is 4.11. The van der Waals surface area contributed by atoms with Crippen molar-refractivity contribution in [2.45, 2.75) is 75.4 Å². The lowest BCUT2D eigenvalue weighted by Crippen LogP contribution is -2.63. The molecule has 8 nitrogen and oxygen atoms in total. The number of carbonyl (C=O) groups excluding carboxylic acids is 1. The lowest BCUT2D eigenvalue weighted by molar-refractivity contribution is -0.130. The molecule has 9 heteroatoms. The van der Waals surface area contributed by atoms with Crippen LogP contribution in [0.3, 0.4) is 0 Å². The molecule has 0 radical (unpaired) electrons. The van der Waals surface area contributed by atoms with Gasteiger partial charge >= 0.3 is 6.01 Å². The van der Waals surface area contributed by atoms with E-state index < -0.39 is 11.7 Å². The molecule has 4 aliphatic heterocycles. The van der Waals surface area contributed by atoms with E-state index in [1.54, 1.807) is 4.90 Å². The number of hydrogen-bond acceptors (Lipinski definition) is 7. The fourth-order valence-electron chi connectivity index (χ4n) is 8.36. The molecule has 4 saturated heterocycles. The normalized spacial score (nSPS) is 24.3. The highest BCUT2D eigenvalue weighted by molar-refractivity contribution is 5.93. The van der Waals surface area contributed by atoms with Crippen molar-refractivity contribution in [2.24, 2.45) is 0 Å². The zero-order valence-electron chi connectivity index (χ0n) is 24.0. The van der Waals surface area contributed by atoms with Crippen LogP contribution in [0.5, 0.6) is 6.01 Å². The summed E-state index contributed by atoms with van der Waals surface area (Å²) in [6.45, 7) is 7.18. The SMILES string of the molecule is C=C(F)C(=O)N1CC[C@@H]2[C@H]1CN2c1nc(OCC23CCCN2CCC3)nc2nc(-c3cccc4c3CCCC4)ccc12. The molecule has 0 unspecified atom stereocenters. The van der Waals surface area contributed by atoms with Gasteiger partial charge in [-0.05, 0) is 94.1 Å². The van der Waals surface area contributed by atoms with Crippen molar-refractivity contribution in [3.05, 3.63) is 53.9 Å². The Morgan fingerprint density at radius 2 is 1.83 bits per heavy atom. The molecule has 3 aromatic rings. The van der Waals surface area contributed by atoms with E-state index in [-0.39, 0.29) is 17.6 Å². The molecular weight excluding hydrogens is 531 g/mol. The van der Waals surface area contributed by atoms with Crippen molar-refractivity contribution < 1.29 is 13.9 Å². The molecule has 0 spiro atoms. The summed E-state index contributed by atoms with van der Waals surface area (Å²) in [5, 5.41) is 0.871. The van der Waals surface area contributed by atoms with Crippen LogP contribution >= 0.6 is 0 Å². The van der Waals surface area contributed by atoms with E-state index in [0.29, 0.717) is 31.4 Å². The number of nitrogens with zero attached hydrogens (tertiary/aromatic N) is 6. The highest BCUT2D eigenvalue weighted by Gasteiger charge is 2.50. The number of aromatic nitrogens is 3. The first-order chi connectivity index (χ1) is 20.5. The second-order valence-corrected chi connectivity index (χ2v) is 12.7. The number of pyridine rings is 1. The van der Waals surface area contributed by atoms with Crippen molar-refractivity contribution in [3.8, 4) is 17.3 Å². The molecule has 218 valence electrons. The van der Waals surface area contributed by atoms with E-state index in [4.69, 9.17) is 19.7 Å². The average molecular weight is 569 g/mol. The predicted molar refractivity (Wildman–Crippen MR) is 159 cm³/mol. The van der Waals surface area contributed by atoms with Gasteiger partial charge in [0.15, 0.2) is 11.5 Å². The lowest BCUT2D eigenvalue weighted by atomic mass is 9.87. The van der Waals surface area contributed by atoms with Crippen LogP contribution in [0.2, 0.25) is 0 Å². The molecule has 42 heavy (non-hydrogen) atoms. The molecule has 1 aliphatic carbocycles. The first-order valence-electron chi connectivity index (χ1n) is 15.6. The average Bonchev–Trinajstić information content (AvgIpc) is 3.67. The maximum Gasteiger partial charge on any atom is 0.320 e. The Labute approximate surface area is 245 Å². The van der Waals surface area contributed by atoms with Crippen LogP contribution < -0.4 is 9.64 Å². The predicted octanol–water partition coefficient (Wildman–Crippen LogP) is 4.85. The van der Waals surface area contributed by atoms with Crippen LogP contribution in [-0.4, -0.2) is 81.1 Å². The molecule has 1 aromatic carbocycles. The number of anilines is 1. The van der Waals surface area contributed by atoms with Crippen LogP contribution in [0.1, 0.15) is 56.1 Å². The summed E-state index contributed by atoms with van der Waals surface area (Å²) in [5.41, 5.74) is 5.64. The van der Waals surface area contributed by atoms with Gasteiger partial charge in [0.1, 0.15) is 12.4 Å². The number of amides is 1. The monoisotopic (exact) mass is 568 g/mol. The largest absolute Gasteiger partial charge is 0.461 e. The first kappa shape index (κ1) is 26.1. The minimum Gasteiger partial charge on any atom is -0.461 e. The molecular formula is C33H37FN6O2. The maximum absolute atomic E-state index is 13.7. The summed E-state index contributed by atoms with van der Waals surface area (Å²) in [4.78, 5) is 33.8. The highest BCUT2D eigenvalue weighted by atomic mass is 19.1. The molecule has 2 aromatic heterocycles. The van der Waals surface area contributed by atoms with Gasteiger partial charge in [-0.3, -0.25) is 9.69 Å². The number of rotatable bonds is 6. The third-order valence-electron chi connectivity index (χ3n) is 10.5. The quantitative estimate of drug-likeness (QED) is 0.394. The van der Waals surface area contributed by atoms with Crippen molar-refractivity contribution in [3.63, 3.8) is 0 Å². The van der Waals surface area contributed by atoms with Gasteiger partial charge in [-0.2, -0.15) is 9.97 Å². The molecule has 4 fully saturated rings. The summed E-state index contributed by atoms with van der Waals surface area (Å²) >= 11 is 0. The summed E-state index contributed by atoms with van der Waals surface area (Å²) in [7, 11) is 0. The summed E-state index contributed by atoms with van der Waals surface area (Å²) in [6.07, 6.45) is 10.1. The Bertz CT molecular complexity index is 1580. The number of likely N-dealkylation sites (tertiary alicyclic amines) is 1. The van der Waals surface area contributed by atoms with E-state index >= 15 is 0 Å². The molecule has 2 atom stereocenters. The second kappa shape index (κ2) is 10.0.